The van der Waals surface area contributed by atoms with Gasteiger partial charge in [0.15, 0.2) is 11.6 Å². The maximum atomic E-state index is 13.3. The minimum atomic E-state index is -0.917. The lowest BCUT2D eigenvalue weighted by Crippen LogP contribution is -2.18. The van der Waals surface area contributed by atoms with Gasteiger partial charge in [0.25, 0.3) is 0 Å². The van der Waals surface area contributed by atoms with Crippen LogP contribution in [0.15, 0.2) is 12.1 Å². The molecular formula is C10H11F2N3. The van der Waals surface area contributed by atoms with Gasteiger partial charge in [-0.25, -0.2) is 13.8 Å². The van der Waals surface area contributed by atoms with Crippen LogP contribution in [0, 0.1) is 11.6 Å². The van der Waals surface area contributed by atoms with E-state index >= 15 is 0 Å². The van der Waals surface area contributed by atoms with Crippen LogP contribution in [0.3, 0.4) is 0 Å². The second-order valence-electron chi connectivity index (χ2n) is 3.62. The third-order valence-corrected chi connectivity index (χ3v) is 2.11. The molecule has 0 aliphatic heterocycles. The first-order chi connectivity index (χ1) is 7.08. The normalized spacial score (nSPS) is 13.3. The Morgan fingerprint density at radius 3 is 2.87 bits per heavy atom. The second-order valence-corrected chi connectivity index (χ2v) is 3.62. The van der Waals surface area contributed by atoms with Crippen LogP contribution in [0.2, 0.25) is 0 Å². The van der Waals surface area contributed by atoms with E-state index in [0.717, 1.165) is 6.07 Å². The maximum absolute atomic E-state index is 13.3. The summed E-state index contributed by atoms with van der Waals surface area (Å²) in [7, 11) is 0. The van der Waals surface area contributed by atoms with E-state index in [-0.39, 0.29) is 11.6 Å². The summed E-state index contributed by atoms with van der Waals surface area (Å²) in [6, 6.07) is 2.47. The Bertz CT molecular complexity index is 491. The highest BCUT2D eigenvalue weighted by Crippen LogP contribution is 2.18. The van der Waals surface area contributed by atoms with Crippen LogP contribution in [-0.4, -0.2) is 16.0 Å². The van der Waals surface area contributed by atoms with Crippen molar-refractivity contribution < 1.29 is 8.78 Å². The van der Waals surface area contributed by atoms with Crippen LogP contribution in [0.1, 0.15) is 12.7 Å². The molecule has 2 rings (SSSR count). The van der Waals surface area contributed by atoms with Crippen LogP contribution < -0.4 is 5.73 Å². The summed E-state index contributed by atoms with van der Waals surface area (Å²) in [6.45, 7) is 1.82. The van der Waals surface area contributed by atoms with Crippen molar-refractivity contribution in [2.75, 3.05) is 0 Å². The third-order valence-electron chi connectivity index (χ3n) is 2.11. The average molecular weight is 211 g/mol. The van der Waals surface area contributed by atoms with Crippen molar-refractivity contribution in [2.24, 2.45) is 5.73 Å². The number of H-pyrrole nitrogens is 1. The molecule has 1 unspecified atom stereocenters. The summed E-state index contributed by atoms with van der Waals surface area (Å²) in [5.41, 5.74) is 6.11. The van der Waals surface area contributed by atoms with Crippen molar-refractivity contribution in [2.45, 2.75) is 19.4 Å². The first-order valence-electron chi connectivity index (χ1n) is 4.66. The highest BCUT2D eigenvalue weighted by molar-refractivity contribution is 5.75. The summed E-state index contributed by atoms with van der Waals surface area (Å²) in [4.78, 5) is 6.86. The molecular weight excluding hydrogens is 200 g/mol. The zero-order valence-corrected chi connectivity index (χ0v) is 8.22. The predicted octanol–water partition coefficient (Wildman–Crippen LogP) is 1.73. The lowest BCUT2D eigenvalue weighted by molar-refractivity contribution is 0.515. The minimum Gasteiger partial charge on any atom is -0.342 e. The molecule has 0 bridgehead atoms. The Hall–Kier alpha value is -1.49. The molecule has 1 heterocycles. The van der Waals surface area contributed by atoms with Gasteiger partial charge in [0.1, 0.15) is 11.3 Å². The molecule has 5 heteroatoms. The number of benzene rings is 1. The minimum absolute atomic E-state index is 0.0330. The summed E-state index contributed by atoms with van der Waals surface area (Å²) in [5.74, 6) is -1.23. The van der Waals surface area contributed by atoms with Crippen LogP contribution >= 0.6 is 0 Å². The van der Waals surface area contributed by atoms with Gasteiger partial charge in [-0.2, -0.15) is 0 Å². The molecule has 3 nitrogen and oxygen atoms in total. The standard InChI is InChI=1S/C10H11F2N3/c1-5(13)4-8-14-7-3-2-6(11)9(12)10(7)15-8/h2-3,5H,4,13H2,1H3,(H,14,15). The number of nitrogens with one attached hydrogen (secondary N) is 1. The number of aromatic nitrogens is 2. The molecule has 0 aliphatic carbocycles. The third kappa shape index (κ3) is 1.83. The van der Waals surface area contributed by atoms with E-state index in [2.05, 4.69) is 9.97 Å². The highest BCUT2D eigenvalue weighted by Gasteiger charge is 2.12. The van der Waals surface area contributed by atoms with Crippen molar-refractivity contribution >= 4 is 11.0 Å². The number of hydrogen-bond donors (Lipinski definition) is 2. The predicted molar refractivity (Wildman–Crippen MR) is 53.4 cm³/mol. The van der Waals surface area contributed by atoms with Crippen molar-refractivity contribution in [3.8, 4) is 0 Å². The number of hydrogen-bond acceptors (Lipinski definition) is 2. The first kappa shape index (κ1) is 10.0. The average Bonchev–Trinajstić information content (AvgIpc) is 2.54. The van der Waals surface area contributed by atoms with Gasteiger partial charge < -0.3 is 10.7 Å². The summed E-state index contributed by atoms with van der Waals surface area (Å²) in [5, 5.41) is 0. The van der Waals surface area contributed by atoms with Crippen molar-refractivity contribution in [1.29, 1.82) is 0 Å². The lowest BCUT2D eigenvalue weighted by atomic mass is 10.2. The van der Waals surface area contributed by atoms with E-state index in [1.807, 2.05) is 6.92 Å². The largest absolute Gasteiger partial charge is 0.342 e. The van der Waals surface area contributed by atoms with E-state index < -0.39 is 11.6 Å². The lowest BCUT2D eigenvalue weighted by Gasteiger charge is -1.98. The molecule has 0 spiro atoms. The Morgan fingerprint density at radius 2 is 2.20 bits per heavy atom. The fourth-order valence-corrected chi connectivity index (χ4v) is 1.47. The number of fused-ring (bicyclic) bond motifs is 1. The Morgan fingerprint density at radius 1 is 1.47 bits per heavy atom. The number of aromatic amines is 1. The molecule has 0 aliphatic rings. The Kier molecular flexibility index (Phi) is 2.40. The molecule has 80 valence electrons. The highest BCUT2D eigenvalue weighted by atomic mass is 19.2. The molecule has 3 N–H and O–H groups in total. The van der Waals surface area contributed by atoms with E-state index in [0.29, 0.717) is 17.8 Å². The monoisotopic (exact) mass is 211 g/mol. The summed E-state index contributed by atoms with van der Waals surface area (Å²) < 4.78 is 26.1. The Balaban J connectivity index is 2.51. The number of rotatable bonds is 2. The zero-order chi connectivity index (χ0) is 11.0. The van der Waals surface area contributed by atoms with E-state index in [1.54, 1.807) is 0 Å². The quantitative estimate of drug-likeness (QED) is 0.794. The molecule has 0 saturated carbocycles. The number of nitrogens with two attached hydrogens (primary N) is 1. The molecule has 0 fully saturated rings. The molecule has 2 aromatic rings. The zero-order valence-electron chi connectivity index (χ0n) is 8.22. The van der Waals surface area contributed by atoms with Gasteiger partial charge in [-0.15, -0.1) is 0 Å². The van der Waals surface area contributed by atoms with Gasteiger partial charge in [-0.05, 0) is 19.1 Å². The van der Waals surface area contributed by atoms with Gasteiger partial charge in [-0.3, -0.25) is 0 Å². The van der Waals surface area contributed by atoms with Gasteiger partial charge in [0.2, 0.25) is 0 Å². The van der Waals surface area contributed by atoms with Gasteiger partial charge in [-0.1, -0.05) is 0 Å². The van der Waals surface area contributed by atoms with Crippen LogP contribution in [0.25, 0.3) is 11.0 Å². The number of imidazole rings is 1. The Labute approximate surface area is 85.3 Å². The first-order valence-corrected chi connectivity index (χ1v) is 4.66. The van der Waals surface area contributed by atoms with Crippen molar-refractivity contribution in [3.05, 3.63) is 29.6 Å². The SMILES string of the molecule is CC(N)Cc1nc2c(F)c(F)ccc2[nH]1. The smallest absolute Gasteiger partial charge is 0.186 e. The van der Waals surface area contributed by atoms with Gasteiger partial charge >= 0.3 is 0 Å². The number of halogens is 2. The van der Waals surface area contributed by atoms with Crippen molar-refractivity contribution in [3.63, 3.8) is 0 Å². The second kappa shape index (κ2) is 3.58. The molecule has 0 amide bonds. The summed E-state index contributed by atoms with van der Waals surface area (Å²) in [6.07, 6.45) is 0.510. The maximum Gasteiger partial charge on any atom is 0.186 e. The van der Waals surface area contributed by atoms with E-state index in [9.17, 15) is 8.78 Å². The van der Waals surface area contributed by atoms with Gasteiger partial charge in [0.05, 0.1) is 5.52 Å². The molecule has 15 heavy (non-hydrogen) atoms. The molecule has 1 atom stereocenters. The van der Waals surface area contributed by atoms with Crippen LogP contribution in [0.4, 0.5) is 8.78 Å². The number of nitrogens with zero attached hydrogens (tertiary/aromatic N) is 1. The molecule has 1 aromatic carbocycles. The fraction of sp³-hybridized carbons (Fsp3) is 0.300. The van der Waals surface area contributed by atoms with Crippen molar-refractivity contribution in [1.82, 2.24) is 9.97 Å². The van der Waals surface area contributed by atoms with E-state index in [1.165, 1.54) is 6.07 Å². The molecule has 0 saturated heterocycles. The fourth-order valence-electron chi connectivity index (χ4n) is 1.47. The van der Waals surface area contributed by atoms with Gasteiger partial charge in [0, 0.05) is 12.5 Å². The molecule has 1 aromatic heterocycles. The topological polar surface area (TPSA) is 54.7 Å². The summed E-state index contributed by atoms with van der Waals surface area (Å²) >= 11 is 0. The van der Waals surface area contributed by atoms with Crippen LogP contribution in [-0.2, 0) is 6.42 Å². The molecule has 0 radical (unpaired) electrons. The van der Waals surface area contributed by atoms with Crippen LogP contribution in [0.5, 0.6) is 0 Å². The van der Waals surface area contributed by atoms with E-state index in [4.69, 9.17) is 5.73 Å².